The summed E-state index contributed by atoms with van der Waals surface area (Å²) in [5.41, 5.74) is 7.56. The minimum atomic E-state index is 0.264. The molecule has 1 aliphatic rings. The summed E-state index contributed by atoms with van der Waals surface area (Å²) in [7, 11) is 1.70. The van der Waals surface area contributed by atoms with Crippen molar-refractivity contribution in [3.05, 3.63) is 29.3 Å². The minimum absolute atomic E-state index is 0.264. The molecule has 0 aromatic heterocycles. The number of benzene rings is 1. The van der Waals surface area contributed by atoms with Crippen LogP contribution in [0.2, 0.25) is 0 Å². The SMILES string of the molecule is COc1ccc(C#CCN)cc1CN1CC(C)OC(C)C1. The maximum Gasteiger partial charge on any atom is 0.123 e. The molecule has 1 aromatic rings. The van der Waals surface area contributed by atoms with E-state index in [-0.39, 0.29) is 12.2 Å². The highest BCUT2D eigenvalue weighted by molar-refractivity contribution is 5.44. The first kappa shape index (κ1) is 15.8. The van der Waals surface area contributed by atoms with E-state index in [1.54, 1.807) is 7.11 Å². The van der Waals surface area contributed by atoms with Crippen LogP contribution in [0.4, 0.5) is 0 Å². The van der Waals surface area contributed by atoms with Gasteiger partial charge in [-0.25, -0.2) is 0 Å². The molecular formula is C17H24N2O2. The molecule has 114 valence electrons. The molecule has 4 nitrogen and oxygen atoms in total. The summed E-state index contributed by atoms with van der Waals surface area (Å²) in [6, 6.07) is 6.03. The molecule has 1 aromatic carbocycles. The number of nitrogens with zero attached hydrogens (tertiary/aromatic N) is 1. The second-order valence-corrected chi connectivity index (χ2v) is 5.48. The van der Waals surface area contributed by atoms with E-state index in [0.717, 1.165) is 36.5 Å². The van der Waals surface area contributed by atoms with Gasteiger partial charge < -0.3 is 15.2 Å². The summed E-state index contributed by atoms with van der Waals surface area (Å²) in [5, 5.41) is 0. The first-order valence-electron chi connectivity index (χ1n) is 7.36. The molecule has 0 saturated carbocycles. The van der Waals surface area contributed by atoms with Crippen LogP contribution in [0.5, 0.6) is 5.75 Å². The normalized spacial score (nSPS) is 22.5. The first-order valence-corrected chi connectivity index (χ1v) is 7.36. The van der Waals surface area contributed by atoms with Crippen LogP contribution in [0.3, 0.4) is 0 Å². The van der Waals surface area contributed by atoms with Gasteiger partial charge in [-0.3, -0.25) is 4.90 Å². The molecule has 2 rings (SSSR count). The van der Waals surface area contributed by atoms with Gasteiger partial charge in [0.15, 0.2) is 0 Å². The molecule has 0 bridgehead atoms. The number of rotatable bonds is 3. The average molecular weight is 288 g/mol. The first-order chi connectivity index (χ1) is 10.1. The van der Waals surface area contributed by atoms with Crippen molar-refractivity contribution in [2.24, 2.45) is 5.73 Å². The van der Waals surface area contributed by atoms with Gasteiger partial charge in [-0.15, -0.1) is 0 Å². The molecule has 2 atom stereocenters. The fraction of sp³-hybridized carbons (Fsp3) is 0.529. The van der Waals surface area contributed by atoms with Gasteiger partial charge in [-0.05, 0) is 32.0 Å². The molecule has 2 N–H and O–H groups in total. The third-order valence-corrected chi connectivity index (χ3v) is 3.50. The van der Waals surface area contributed by atoms with Gasteiger partial charge in [-0.1, -0.05) is 11.8 Å². The lowest BCUT2D eigenvalue weighted by atomic mass is 10.1. The maximum absolute atomic E-state index is 5.78. The van der Waals surface area contributed by atoms with Crippen LogP contribution in [0.1, 0.15) is 25.0 Å². The highest BCUT2D eigenvalue weighted by Crippen LogP contribution is 2.23. The predicted octanol–water partition coefficient (Wildman–Crippen LogP) is 1.61. The average Bonchev–Trinajstić information content (AvgIpc) is 2.44. The molecule has 1 fully saturated rings. The number of ether oxygens (including phenoxy) is 2. The second-order valence-electron chi connectivity index (χ2n) is 5.48. The third-order valence-electron chi connectivity index (χ3n) is 3.50. The highest BCUT2D eigenvalue weighted by atomic mass is 16.5. The summed E-state index contributed by atoms with van der Waals surface area (Å²) < 4.78 is 11.2. The number of hydrogen-bond acceptors (Lipinski definition) is 4. The summed E-state index contributed by atoms with van der Waals surface area (Å²) in [6.45, 7) is 7.32. The van der Waals surface area contributed by atoms with Gasteiger partial charge in [0.25, 0.3) is 0 Å². The fourth-order valence-corrected chi connectivity index (χ4v) is 2.79. The monoisotopic (exact) mass is 288 g/mol. The summed E-state index contributed by atoms with van der Waals surface area (Å²) in [4.78, 5) is 2.40. The van der Waals surface area contributed by atoms with Crippen molar-refractivity contribution in [1.29, 1.82) is 0 Å². The van der Waals surface area contributed by atoms with Crippen LogP contribution in [-0.4, -0.2) is 43.9 Å². The largest absolute Gasteiger partial charge is 0.496 e. The molecule has 1 saturated heterocycles. The van der Waals surface area contributed by atoms with Crippen molar-refractivity contribution in [3.8, 4) is 17.6 Å². The second kappa shape index (κ2) is 7.46. The Balaban J connectivity index is 2.16. The number of methoxy groups -OCH3 is 1. The molecule has 2 unspecified atom stereocenters. The molecule has 0 aliphatic carbocycles. The van der Waals surface area contributed by atoms with E-state index < -0.39 is 0 Å². The predicted molar refractivity (Wildman–Crippen MR) is 84.2 cm³/mol. The molecule has 1 aliphatic heterocycles. The zero-order valence-corrected chi connectivity index (χ0v) is 13.1. The lowest BCUT2D eigenvalue weighted by molar-refractivity contribution is -0.0706. The molecular weight excluding hydrogens is 264 g/mol. The maximum atomic E-state index is 5.78. The van der Waals surface area contributed by atoms with E-state index in [1.807, 2.05) is 12.1 Å². The Morgan fingerprint density at radius 1 is 1.33 bits per heavy atom. The molecule has 21 heavy (non-hydrogen) atoms. The van der Waals surface area contributed by atoms with E-state index in [2.05, 4.69) is 36.7 Å². The Labute approximate surface area is 127 Å². The van der Waals surface area contributed by atoms with Gasteiger partial charge in [-0.2, -0.15) is 0 Å². The number of hydrogen-bond donors (Lipinski definition) is 1. The van der Waals surface area contributed by atoms with Gasteiger partial charge in [0.05, 0.1) is 25.9 Å². The highest BCUT2D eigenvalue weighted by Gasteiger charge is 2.22. The van der Waals surface area contributed by atoms with Gasteiger partial charge in [0, 0.05) is 30.8 Å². The van der Waals surface area contributed by atoms with Gasteiger partial charge >= 0.3 is 0 Å². The smallest absolute Gasteiger partial charge is 0.123 e. The standard InChI is InChI=1S/C17H24N2O2/c1-13-10-19(11-14(2)21-13)12-16-9-15(5-4-8-18)6-7-17(16)20-3/h6-7,9,13-14H,8,10-12,18H2,1-3H3. The van der Waals surface area contributed by atoms with Crippen molar-refractivity contribution in [2.75, 3.05) is 26.7 Å². The van der Waals surface area contributed by atoms with Crippen LogP contribution in [0, 0.1) is 11.8 Å². The van der Waals surface area contributed by atoms with Crippen LogP contribution in [-0.2, 0) is 11.3 Å². The van der Waals surface area contributed by atoms with Crippen LogP contribution < -0.4 is 10.5 Å². The van der Waals surface area contributed by atoms with Crippen LogP contribution in [0.15, 0.2) is 18.2 Å². The third kappa shape index (κ3) is 4.47. The Morgan fingerprint density at radius 3 is 2.67 bits per heavy atom. The van der Waals surface area contributed by atoms with E-state index in [0.29, 0.717) is 6.54 Å². The number of nitrogens with two attached hydrogens (primary N) is 1. The lowest BCUT2D eigenvalue weighted by Gasteiger charge is -2.35. The quantitative estimate of drug-likeness (QED) is 0.859. The Kier molecular flexibility index (Phi) is 5.63. The van der Waals surface area contributed by atoms with Gasteiger partial charge in [0.1, 0.15) is 5.75 Å². The van der Waals surface area contributed by atoms with E-state index >= 15 is 0 Å². The van der Waals surface area contributed by atoms with Crippen LogP contribution in [0.25, 0.3) is 0 Å². The van der Waals surface area contributed by atoms with E-state index in [1.165, 1.54) is 0 Å². The Morgan fingerprint density at radius 2 is 2.05 bits per heavy atom. The molecule has 4 heteroatoms. The lowest BCUT2D eigenvalue weighted by Crippen LogP contribution is -2.44. The van der Waals surface area contributed by atoms with Crippen molar-refractivity contribution in [3.63, 3.8) is 0 Å². The van der Waals surface area contributed by atoms with E-state index in [4.69, 9.17) is 15.2 Å². The molecule has 0 radical (unpaired) electrons. The molecule has 1 heterocycles. The van der Waals surface area contributed by atoms with E-state index in [9.17, 15) is 0 Å². The number of morpholine rings is 1. The fourth-order valence-electron chi connectivity index (χ4n) is 2.79. The Hall–Kier alpha value is -1.54. The summed E-state index contributed by atoms with van der Waals surface area (Å²) in [6.07, 6.45) is 0.528. The van der Waals surface area contributed by atoms with Crippen molar-refractivity contribution in [2.45, 2.75) is 32.6 Å². The van der Waals surface area contributed by atoms with Crippen molar-refractivity contribution in [1.82, 2.24) is 4.90 Å². The van der Waals surface area contributed by atoms with Crippen molar-refractivity contribution >= 4 is 0 Å². The molecule has 0 spiro atoms. The topological polar surface area (TPSA) is 47.7 Å². The molecule has 0 amide bonds. The summed E-state index contributed by atoms with van der Waals surface area (Å²) >= 11 is 0. The van der Waals surface area contributed by atoms with Gasteiger partial charge in [0.2, 0.25) is 0 Å². The zero-order chi connectivity index (χ0) is 15.2. The van der Waals surface area contributed by atoms with Crippen LogP contribution >= 0.6 is 0 Å². The van der Waals surface area contributed by atoms with Crippen molar-refractivity contribution < 1.29 is 9.47 Å². The Bertz CT molecular complexity index is 523. The zero-order valence-electron chi connectivity index (χ0n) is 13.1. The minimum Gasteiger partial charge on any atom is -0.496 e. The summed E-state index contributed by atoms with van der Waals surface area (Å²) in [5.74, 6) is 6.87.